The molecule has 0 spiro atoms. The molecule has 2 rings (SSSR count). The minimum Gasteiger partial charge on any atom is -0.353 e. The summed E-state index contributed by atoms with van der Waals surface area (Å²) in [5.41, 5.74) is 0. The first kappa shape index (κ1) is 11.0. The van der Waals surface area contributed by atoms with Crippen molar-refractivity contribution in [2.45, 2.75) is 58.4 Å². The Morgan fingerprint density at radius 2 is 1.67 bits per heavy atom. The molecule has 0 saturated heterocycles. The molecule has 1 N–H and O–H groups in total. The predicted octanol–water partition coefficient (Wildman–Crippen LogP) is 2.73. The van der Waals surface area contributed by atoms with Crippen LogP contribution in [0, 0.1) is 17.8 Å². The van der Waals surface area contributed by atoms with Crippen LogP contribution in [0.1, 0.15) is 52.4 Å². The van der Waals surface area contributed by atoms with Crippen LogP contribution >= 0.6 is 0 Å². The molecule has 2 nitrogen and oxygen atoms in total. The summed E-state index contributed by atoms with van der Waals surface area (Å²) in [4.78, 5) is 11.8. The van der Waals surface area contributed by atoms with Crippen LogP contribution in [-0.4, -0.2) is 11.9 Å². The molecular weight excluding hydrogens is 186 g/mol. The van der Waals surface area contributed by atoms with Crippen molar-refractivity contribution in [3.63, 3.8) is 0 Å². The van der Waals surface area contributed by atoms with Gasteiger partial charge >= 0.3 is 0 Å². The Kier molecular flexibility index (Phi) is 3.32. The lowest BCUT2D eigenvalue weighted by Crippen LogP contribution is -2.35. The third kappa shape index (κ3) is 2.96. The number of rotatable bonds is 3. The molecule has 0 heterocycles. The summed E-state index contributed by atoms with van der Waals surface area (Å²) in [6, 6.07) is 0.528. The molecule has 0 aliphatic heterocycles. The second-order valence-corrected chi connectivity index (χ2v) is 5.64. The van der Waals surface area contributed by atoms with E-state index in [-0.39, 0.29) is 0 Å². The quantitative estimate of drug-likeness (QED) is 0.761. The largest absolute Gasteiger partial charge is 0.353 e. The Bertz CT molecular complexity index is 225. The smallest absolute Gasteiger partial charge is 0.223 e. The monoisotopic (exact) mass is 209 g/mol. The van der Waals surface area contributed by atoms with Gasteiger partial charge in [-0.1, -0.05) is 13.8 Å². The summed E-state index contributed by atoms with van der Waals surface area (Å²) in [7, 11) is 0. The van der Waals surface area contributed by atoms with Gasteiger partial charge in [-0.2, -0.15) is 0 Å². The number of carbonyl (C=O) groups excluding carboxylic acids is 1. The highest BCUT2D eigenvalue weighted by Gasteiger charge is 2.31. The second-order valence-electron chi connectivity index (χ2n) is 5.64. The van der Waals surface area contributed by atoms with Crippen molar-refractivity contribution in [3.05, 3.63) is 0 Å². The van der Waals surface area contributed by atoms with Gasteiger partial charge in [0.25, 0.3) is 0 Å². The van der Waals surface area contributed by atoms with Crippen LogP contribution in [0.15, 0.2) is 0 Å². The molecule has 0 unspecified atom stereocenters. The highest BCUT2D eigenvalue weighted by molar-refractivity contribution is 5.79. The van der Waals surface area contributed by atoms with Gasteiger partial charge in [0, 0.05) is 12.0 Å². The van der Waals surface area contributed by atoms with E-state index >= 15 is 0 Å². The lowest BCUT2D eigenvalue weighted by Gasteiger charge is -2.30. The van der Waals surface area contributed by atoms with Gasteiger partial charge in [-0.05, 0) is 50.4 Å². The number of amides is 1. The Morgan fingerprint density at radius 1 is 1.07 bits per heavy atom. The van der Waals surface area contributed by atoms with Crippen molar-refractivity contribution in [2.75, 3.05) is 0 Å². The summed E-state index contributed by atoms with van der Waals surface area (Å²) >= 11 is 0. The van der Waals surface area contributed by atoms with E-state index in [1.807, 2.05) is 0 Å². The maximum atomic E-state index is 11.8. The average molecular weight is 209 g/mol. The van der Waals surface area contributed by atoms with Crippen molar-refractivity contribution in [2.24, 2.45) is 17.8 Å². The summed E-state index contributed by atoms with van der Waals surface area (Å²) < 4.78 is 0. The van der Waals surface area contributed by atoms with Crippen LogP contribution in [0.25, 0.3) is 0 Å². The molecular formula is C13H23NO. The summed E-state index contributed by atoms with van der Waals surface area (Å²) in [5.74, 6) is 2.30. The summed E-state index contributed by atoms with van der Waals surface area (Å²) in [6.45, 7) is 4.60. The highest BCUT2D eigenvalue weighted by Crippen LogP contribution is 2.33. The van der Waals surface area contributed by atoms with E-state index in [0.717, 1.165) is 24.7 Å². The van der Waals surface area contributed by atoms with E-state index in [1.54, 1.807) is 0 Å². The lowest BCUT2D eigenvalue weighted by molar-refractivity contribution is -0.126. The van der Waals surface area contributed by atoms with Gasteiger partial charge in [-0.25, -0.2) is 0 Å². The zero-order valence-electron chi connectivity index (χ0n) is 9.96. The summed E-state index contributed by atoms with van der Waals surface area (Å²) in [6.07, 6.45) is 7.13. The van der Waals surface area contributed by atoms with E-state index in [1.165, 1.54) is 25.7 Å². The normalized spacial score (nSPS) is 31.7. The maximum Gasteiger partial charge on any atom is 0.223 e. The Hall–Kier alpha value is -0.530. The number of hydrogen-bond acceptors (Lipinski definition) is 1. The fourth-order valence-electron chi connectivity index (χ4n) is 2.59. The van der Waals surface area contributed by atoms with Crippen molar-refractivity contribution in [3.8, 4) is 0 Å². The second kappa shape index (κ2) is 4.54. The number of carbonyl (C=O) groups is 1. The van der Waals surface area contributed by atoms with E-state index in [4.69, 9.17) is 0 Å². The zero-order chi connectivity index (χ0) is 10.8. The molecule has 0 aromatic carbocycles. The van der Waals surface area contributed by atoms with E-state index < -0.39 is 0 Å². The van der Waals surface area contributed by atoms with Crippen LogP contribution in [0.2, 0.25) is 0 Å². The van der Waals surface area contributed by atoms with Gasteiger partial charge in [0.05, 0.1) is 0 Å². The van der Waals surface area contributed by atoms with Gasteiger partial charge in [-0.3, -0.25) is 4.79 Å². The topological polar surface area (TPSA) is 29.1 Å². The lowest BCUT2D eigenvalue weighted by atomic mass is 9.77. The summed E-state index contributed by atoms with van der Waals surface area (Å²) in [5, 5.41) is 3.13. The molecule has 2 heteroatoms. The maximum absolute atomic E-state index is 11.8. The predicted molar refractivity (Wildman–Crippen MR) is 61.5 cm³/mol. The first-order valence-corrected chi connectivity index (χ1v) is 6.47. The van der Waals surface area contributed by atoms with Crippen molar-refractivity contribution < 1.29 is 4.79 Å². The molecule has 0 radical (unpaired) electrons. The minimum atomic E-state index is 0.320. The molecule has 0 aromatic heterocycles. The molecule has 0 aromatic rings. The minimum absolute atomic E-state index is 0.320. The van der Waals surface area contributed by atoms with Gasteiger partial charge < -0.3 is 5.32 Å². The molecule has 2 fully saturated rings. The Labute approximate surface area is 92.8 Å². The SMILES string of the molecule is CC(C)C1CCC(C(=O)NC2CC2)CC1. The van der Waals surface area contributed by atoms with Gasteiger partial charge in [-0.15, -0.1) is 0 Å². The van der Waals surface area contributed by atoms with Crippen LogP contribution in [-0.2, 0) is 4.79 Å². The average Bonchev–Trinajstić information content (AvgIpc) is 3.02. The molecule has 2 aliphatic carbocycles. The highest BCUT2D eigenvalue weighted by atomic mass is 16.2. The third-order valence-electron chi connectivity index (χ3n) is 4.01. The third-order valence-corrected chi connectivity index (χ3v) is 4.01. The molecule has 15 heavy (non-hydrogen) atoms. The molecule has 2 saturated carbocycles. The van der Waals surface area contributed by atoms with Crippen molar-refractivity contribution in [1.82, 2.24) is 5.32 Å². The molecule has 2 aliphatic rings. The molecule has 86 valence electrons. The molecule has 0 atom stereocenters. The van der Waals surface area contributed by atoms with Crippen LogP contribution in [0.4, 0.5) is 0 Å². The fourth-order valence-corrected chi connectivity index (χ4v) is 2.59. The van der Waals surface area contributed by atoms with Crippen molar-refractivity contribution in [1.29, 1.82) is 0 Å². The fraction of sp³-hybridized carbons (Fsp3) is 0.923. The van der Waals surface area contributed by atoms with Crippen LogP contribution in [0.5, 0.6) is 0 Å². The van der Waals surface area contributed by atoms with Gasteiger partial charge in [0.2, 0.25) is 5.91 Å². The molecule has 0 bridgehead atoms. The van der Waals surface area contributed by atoms with Gasteiger partial charge in [0.1, 0.15) is 0 Å². The van der Waals surface area contributed by atoms with E-state index in [9.17, 15) is 4.79 Å². The van der Waals surface area contributed by atoms with E-state index in [2.05, 4.69) is 19.2 Å². The van der Waals surface area contributed by atoms with Crippen LogP contribution < -0.4 is 5.32 Å². The van der Waals surface area contributed by atoms with Crippen LogP contribution in [0.3, 0.4) is 0 Å². The van der Waals surface area contributed by atoms with E-state index in [0.29, 0.717) is 17.9 Å². The zero-order valence-corrected chi connectivity index (χ0v) is 9.96. The Morgan fingerprint density at radius 3 is 2.13 bits per heavy atom. The number of hydrogen-bond donors (Lipinski definition) is 1. The van der Waals surface area contributed by atoms with Gasteiger partial charge in [0.15, 0.2) is 0 Å². The standard InChI is InChI=1S/C13H23NO/c1-9(2)10-3-5-11(6-4-10)13(15)14-12-7-8-12/h9-12H,3-8H2,1-2H3,(H,14,15). The van der Waals surface area contributed by atoms with Crippen molar-refractivity contribution >= 4 is 5.91 Å². The first-order valence-electron chi connectivity index (χ1n) is 6.47. The number of nitrogens with one attached hydrogen (secondary N) is 1. The molecule has 1 amide bonds. The first-order chi connectivity index (χ1) is 7.16. The Balaban J connectivity index is 1.74.